The van der Waals surface area contributed by atoms with E-state index in [4.69, 9.17) is 16.3 Å². The van der Waals surface area contributed by atoms with E-state index < -0.39 is 5.91 Å². The minimum absolute atomic E-state index is 0.00748. The van der Waals surface area contributed by atoms with Gasteiger partial charge in [0.05, 0.1) is 6.61 Å². The van der Waals surface area contributed by atoms with Crippen molar-refractivity contribution in [3.05, 3.63) is 64.2 Å². The van der Waals surface area contributed by atoms with Crippen molar-refractivity contribution in [3.8, 4) is 11.8 Å². The first-order chi connectivity index (χ1) is 12.0. The molecule has 1 amide bonds. The van der Waals surface area contributed by atoms with Crippen LogP contribution >= 0.6 is 11.6 Å². The standard InChI is InChI=1S/C20H19ClN2O2/c1-3-10-25-19-7-5-4-6-15(19)11-16(13-22)20(24)23-18-12-17(21)9-8-14(18)2/h4-9,11-12H,3,10H2,1-2H3,(H,23,24)/b16-11+. The Labute approximate surface area is 152 Å². The fourth-order valence-electron chi connectivity index (χ4n) is 2.17. The van der Waals surface area contributed by atoms with Gasteiger partial charge in [0, 0.05) is 16.3 Å². The summed E-state index contributed by atoms with van der Waals surface area (Å²) in [6.45, 7) is 4.44. The van der Waals surface area contributed by atoms with Gasteiger partial charge in [-0.2, -0.15) is 5.26 Å². The highest BCUT2D eigenvalue weighted by molar-refractivity contribution is 6.31. The number of para-hydroxylation sites is 1. The number of nitrogens with one attached hydrogen (secondary N) is 1. The van der Waals surface area contributed by atoms with E-state index in [-0.39, 0.29) is 5.57 Å². The normalized spacial score (nSPS) is 10.9. The van der Waals surface area contributed by atoms with E-state index in [0.29, 0.717) is 28.6 Å². The van der Waals surface area contributed by atoms with Crippen molar-refractivity contribution < 1.29 is 9.53 Å². The summed E-state index contributed by atoms with van der Waals surface area (Å²) < 4.78 is 5.66. The predicted molar refractivity (Wildman–Crippen MR) is 101 cm³/mol. The molecule has 0 bridgehead atoms. The number of rotatable bonds is 6. The quantitative estimate of drug-likeness (QED) is 0.587. The van der Waals surface area contributed by atoms with Crippen LogP contribution < -0.4 is 10.1 Å². The number of hydrogen-bond donors (Lipinski definition) is 1. The van der Waals surface area contributed by atoms with E-state index in [9.17, 15) is 10.1 Å². The minimum Gasteiger partial charge on any atom is -0.493 e. The molecule has 0 aromatic heterocycles. The van der Waals surface area contributed by atoms with E-state index in [1.54, 1.807) is 18.2 Å². The molecule has 128 valence electrons. The number of nitrogens with zero attached hydrogens (tertiary/aromatic N) is 1. The molecule has 0 fully saturated rings. The van der Waals surface area contributed by atoms with Gasteiger partial charge in [0.2, 0.25) is 0 Å². The molecule has 4 nitrogen and oxygen atoms in total. The molecule has 5 heteroatoms. The van der Waals surface area contributed by atoms with Gasteiger partial charge in [-0.3, -0.25) is 4.79 Å². The van der Waals surface area contributed by atoms with Gasteiger partial charge >= 0.3 is 0 Å². The van der Waals surface area contributed by atoms with Crippen LogP contribution in [-0.4, -0.2) is 12.5 Å². The number of carbonyl (C=O) groups excluding carboxylic acids is 1. The summed E-state index contributed by atoms with van der Waals surface area (Å²) in [5.74, 6) is 0.155. The molecule has 0 radical (unpaired) electrons. The molecule has 0 aliphatic heterocycles. The van der Waals surface area contributed by atoms with Gasteiger partial charge in [-0.15, -0.1) is 0 Å². The Bertz CT molecular complexity index is 838. The first-order valence-corrected chi connectivity index (χ1v) is 8.34. The third kappa shape index (κ3) is 5.10. The molecule has 0 saturated heterocycles. The fourth-order valence-corrected chi connectivity index (χ4v) is 2.34. The van der Waals surface area contributed by atoms with Gasteiger partial charge < -0.3 is 10.1 Å². The number of benzene rings is 2. The van der Waals surface area contributed by atoms with Gasteiger partial charge in [-0.25, -0.2) is 0 Å². The SMILES string of the molecule is CCCOc1ccccc1/C=C(\C#N)C(=O)Nc1cc(Cl)ccc1C. The number of ether oxygens (including phenoxy) is 1. The molecule has 1 N–H and O–H groups in total. The number of aryl methyl sites for hydroxylation is 1. The summed E-state index contributed by atoms with van der Waals surface area (Å²) in [5, 5.41) is 12.6. The van der Waals surface area contributed by atoms with Crippen LogP contribution in [0.15, 0.2) is 48.0 Å². The van der Waals surface area contributed by atoms with Gasteiger partial charge in [0.15, 0.2) is 0 Å². The highest BCUT2D eigenvalue weighted by atomic mass is 35.5. The minimum atomic E-state index is -0.488. The van der Waals surface area contributed by atoms with Crippen LogP contribution in [0.2, 0.25) is 5.02 Å². The molecule has 0 saturated carbocycles. The molecular weight excluding hydrogens is 336 g/mol. The highest BCUT2D eigenvalue weighted by Crippen LogP contribution is 2.23. The Morgan fingerprint density at radius 3 is 2.80 bits per heavy atom. The predicted octanol–water partition coefficient (Wildman–Crippen LogP) is 4.98. The topological polar surface area (TPSA) is 62.1 Å². The number of nitriles is 1. The Kier molecular flexibility index (Phi) is 6.62. The van der Waals surface area contributed by atoms with Gasteiger partial charge in [0.1, 0.15) is 17.4 Å². The molecule has 0 aliphatic carbocycles. The van der Waals surface area contributed by atoms with E-state index in [2.05, 4.69) is 5.32 Å². The van der Waals surface area contributed by atoms with E-state index in [1.165, 1.54) is 6.08 Å². The van der Waals surface area contributed by atoms with Gasteiger partial charge in [0.25, 0.3) is 5.91 Å². The molecule has 2 rings (SSSR count). The molecule has 0 heterocycles. The molecular formula is C20H19ClN2O2. The smallest absolute Gasteiger partial charge is 0.266 e. The number of amides is 1. The van der Waals surface area contributed by atoms with Crippen molar-refractivity contribution in [1.29, 1.82) is 5.26 Å². The average Bonchev–Trinajstić information content (AvgIpc) is 2.61. The summed E-state index contributed by atoms with van der Waals surface area (Å²) in [6, 6.07) is 14.5. The second kappa shape index (κ2) is 8.91. The number of carbonyl (C=O) groups is 1. The number of hydrogen-bond acceptors (Lipinski definition) is 3. The first-order valence-electron chi connectivity index (χ1n) is 7.96. The molecule has 0 spiro atoms. The molecule has 25 heavy (non-hydrogen) atoms. The average molecular weight is 355 g/mol. The zero-order chi connectivity index (χ0) is 18.2. The van der Waals surface area contributed by atoms with E-state index in [0.717, 1.165) is 12.0 Å². The summed E-state index contributed by atoms with van der Waals surface area (Å²) in [4.78, 5) is 12.5. The maximum absolute atomic E-state index is 12.5. The largest absolute Gasteiger partial charge is 0.493 e. The molecule has 0 aliphatic rings. The van der Waals surface area contributed by atoms with Crippen LogP contribution in [0.25, 0.3) is 6.08 Å². The van der Waals surface area contributed by atoms with Crippen LogP contribution in [0, 0.1) is 18.3 Å². The van der Waals surface area contributed by atoms with Crippen molar-refractivity contribution in [2.45, 2.75) is 20.3 Å². The Morgan fingerprint density at radius 2 is 2.08 bits per heavy atom. The molecule has 0 unspecified atom stereocenters. The van der Waals surface area contributed by atoms with Crippen molar-refractivity contribution in [1.82, 2.24) is 0 Å². The van der Waals surface area contributed by atoms with Crippen LogP contribution in [-0.2, 0) is 4.79 Å². The second-order valence-electron chi connectivity index (χ2n) is 5.47. The number of halogens is 1. The molecule has 2 aromatic carbocycles. The van der Waals surface area contributed by atoms with Gasteiger partial charge in [-0.1, -0.05) is 42.8 Å². The monoisotopic (exact) mass is 354 g/mol. The lowest BCUT2D eigenvalue weighted by Gasteiger charge is -2.10. The highest BCUT2D eigenvalue weighted by Gasteiger charge is 2.12. The fraction of sp³-hybridized carbons (Fsp3) is 0.200. The summed E-state index contributed by atoms with van der Waals surface area (Å²) >= 11 is 5.97. The van der Waals surface area contributed by atoms with Gasteiger partial charge in [-0.05, 0) is 43.2 Å². The summed E-state index contributed by atoms with van der Waals surface area (Å²) in [6.07, 6.45) is 2.40. The first kappa shape index (κ1) is 18.6. The lowest BCUT2D eigenvalue weighted by Crippen LogP contribution is -2.14. The molecule has 0 atom stereocenters. The zero-order valence-electron chi connectivity index (χ0n) is 14.2. The maximum atomic E-state index is 12.5. The third-order valence-corrected chi connectivity index (χ3v) is 3.73. The van der Waals surface area contributed by atoms with Crippen LogP contribution in [0.1, 0.15) is 24.5 Å². The van der Waals surface area contributed by atoms with E-state index in [1.807, 2.05) is 44.2 Å². The Morgan fingerprint density at radius 1 is 1.32 bits per heavy atom. The Balaban J connectivity index is 2.27. The van der Waals surface area contributed by atoms with Crippen molar-refractivity contribution >= 4 is 29.3 Å². The second-order valence-corrected chi connectivity index (χ2v) is 5.91. The maximum Gasteiger partial charge on any atom is 0.266 e. The zero-order valence-corrected chi connectivity index (χ0v) is 14.9. The molecule has 2 aromatic rings. The van der Waals surface area contributed by atoms with Crippen LogP contribution in [0.4, 0.5) is 5.69 Å². The summed E-state index contributed by atoms with van der Waals surface area (Å²) in [5.41, 5.74) is 2.12. The third-order valence-electron chi connectivity index (χ3n) is 3.49. The van der Waals surface area contributed by atoms with Crippen LogP contribution in [0.3, 0.4) is 0 Å². The van der Waals surface area contributed by atoms with Crippen molar-refractivity contribution in [2.75, 3.05) is 11.9 Å². The number of anilines is 1. The lowest BCUT2D eigenvalue weighted by atomic mass is 10.1. The Hall–Kier alpha value is -2.77. The van der Waals surface area contributed by atoms with E-state index >= 15 is 0 Å². The van der Waals surface area contributed by atoms with Crippen molar-refractivity contribution in [3.63, 3.8) is 0 Å². The summed E-state index contributed by atoms with van der Waals surface area (Å²) in [7, 11) is 0. The van der Waals surface area contributed by atoms with Crippen LogP contribution in [0.5, 0.6) is 5.75 Å². The lowest BCUT2D eigenvalue weighted by molar-refractivity contribution is -0.112. The van der Waals surface area contributed by atoms with Crippen molar-refractivity contribution in [2.24, 2.45) is 0 Å².